The molecule has 3 nitrogen and oxygen atoms in total. The van der Waals surface area contributed by atoms with Crippen LogP contribution in [0.5, 0.6) is 0 Å². The van der Waals surface area contributed by atoms with Gasteiger partial charge in [0.1, 0.15) is 0 Å². The van der Waals surface area contributed by atoms with Crippen LogP contribution in [0, 0.1) is 0 Å². The van der Waals surface area contributed by atoms with Crippen LogP contribution in [0.15, 0.2) is 4.40 Å². The van der Waals surface area contributed by atoms with Gasteiger partial charge in [0.15, 0.2) is 0 Å². The average molecular weight is 151 g/mol. The maximum Gasteiger partial charge on any atom is 0.261 e. The second-order valence-corrected chi connectivity index (χ2v) is 3.16. The highest BCUT2D eigenvalue weighted by Gasteiger charge is 1.98. The molecule has 0 saturated carbocycles. The Kier molecular flexibility index (Phi) is 2.82. The van der Waals surface area contributed by atoms with Gasteiger partial charge in [0.2, 0.25) is 0 Å². The third-order valence-corrected chi connectivity index (χ3v) is 1.85. The quantitative estimate of drug-likeness (QED) is 0.425. The van der Waals surface area contributed by atoms with Crippen molar-refractivity contribution >= 4 is 27.4 Å². The van der Waals surface area contributed by atoms with Crippen molar-refractivity contribution < 1.29 is 8.42 Å². The molecule has 0 heterocycles. The summed E-state index contributed by atoms with van der Waals surface area (Å²) in [5.41, 5.74) is 0. The van der Waals surface area contributed by atoms with Gasteiger partial charge in [-0.25, -0.2) is 8.42 Å². The van der Waals surface area contributed by atoms with Crippen LogP contribution in [-0.4, -0.2) is 19.3 Å². The number of thiocarbonyl (C=S) groups is 1. The van der Waals surface area contributed by atoms with E-state index in [1.165, 1.54) is 6.92 Å². The molecule has 8 heavy (non-hydrogen) atoms. The number of nitrogens with zero attached hydrogens (tertiary/aromatic N) is 1. The van der Waals surface area contributed by atoms with Crippen LogP contribution in [0.3, 0.4) is 0 Å². The summed E-state index contributed by atoms with van der Waals surface area (Å²) < 4.78 is 23.5. The molecule has 0 aromatic carbocycles. The number of sulfonamides is 1. The Morgan fingerprint density at radius 2 is 2.25 bits per heavy atom. The van der Waals surface area contributed by atoms with Crippen molar-refractivity contribution in [1.82, 2.24) is 0 Å². The highest BCUT2D eigenvalue weighted by atomic mass is 32.2. The largest absolute Gasteiger partial charge is 0.261 e. The number of rotatable bonds is 2. The van der Waals surface area contributed by atoms with Crippen LogP contribution in [0.4, 0.5) is 0 Å². The Hall–Kier alpha value is -0.250. The molecule has 0 bridgehead atoms. The molecule has 5 heteroatoms. The summed E-state index contributed by atoms with van der Waals surface area (Å²) in [6, 6.07) is 0. The fourth-order valence-electron chi connectivity index (χ4n) is 0.121. The highest BCUT2D eigenvalue weighted by molar-refractivity contribution is 7.90. The van der Waals surface area contributed by atoms with E-state index in [1.807, 2.05) is 0 Å². The zero-order chi connectivity index (χ0) is 6.62. The smallest absolute Gasteiger partial charge is 0.204 e. The van der Waals surface area contributed by atoms with Crippen LogP contribution in [0.2, 0.25) is 0 Å². The zero-order valence-corrected chi connectivity index (χ0v) is 5.92. The molecule has 0 unspecified atom stereocenters. The van der Waals surface area contributed by atoms with Gasteiger partial charge in [-0.1, -0.05) is 0 Å². The minimum absolute atomic E-state index is 0.0172. The van der Waals surface area contributed by atoms with E-state index in [0.717, 1.165) is 0 Å². The second-order valence-electron chi connectivity index (χ2n) is 1.05. The SMILES string of the molecule is CCS(=O)(=O)N=C=S. The number of hydrogen-bond donors (Lipinski definition) is 0. The molecule has 0 atom stereocenters. The van der Waals surface area contributed by atoms with Gasteiger partial charge in [-0.05, 0) is 19.1 Å². The zero-order valence-electron chi connectivity index (χ0n) is 4.29. The van der Waals surface area contributed by atoms with Gasteiger partial charge in [0.05, 0.1) is 10.9 Å². The fourth-order valence-corrected chi connectivity index (χ4v) is 0.705. The average Bonchev–Trinajstić information content (AvgIpc) is 1.67. The topological polar surface area (TPSA) is 46.5 Å². The second kappa shape index (κ2) is 2.91. The molecular weight excluding hydrogens is 146 g/mol. The van der Waals surface area contributed by atoms with Gasteiger partial charge in [-0.3, -0.25) is 0 Å². The van der Waals surface area contributed by atoms with E-state index in [9.17, 15) is 8.42 Å². The molecule has 0 amide bonds. The first-order valence-corrected chi connectivity index (χ1v) is 3.96. The molecule has 0 fully saturated rings. The summed E-state index contributed by atoms with van der Waals surface area (Å²) >= 11 is 4.07. The number of isothiocyanates is 1. The van der Waals surface area contributed by atoms with Gasteiger partial charge in [-0.15, -0.1) is 4.40 Å². The van der Waals surface area contributed by atoms with E-state index in [4.69, 9.17) is 0 Å². The van der Waals surface area contributed by atoms with E-state index in [0.29, 0.717) is 0 Å². The molecule has 0 aliphatic heterocycles. The first-order valence-electron chi connectivity index (χ1n) is 1.94. The van der Waals surface area contributed by atoms with Crippen molar-refractivity contribution in [2.45, 2.75) is 6.92 Å². The molecule has 0 aromatic heterocycles. The van der Waals surface area contributed by atoms with Gasteiger partial charge >= 0.3 is 0 Å². The lowest BCUT2D eigenvalue weighted by molar-refractivity contribution is 0.599. The Labute approximate surface area is 53.5 Å². The predicted octanol–water partition coefficient (Wildman–Crippen LogP) is 0.439. The third-order valence-electron chi connectivity index (χ3n) is 0.541. The van der Waals surface area contributed by atoms with Crippen LogP contribution >= 0.6 is 12.2 Å². The Morgan fingerprint density at radius 3 is 2.38 bits per heavy atom. The lowest BCUT2D eigenvalue weighted by Crippen LogP contribution is -1.96. The Balaban J connectivity index is 4.41. The first kappa shape index (κ1) is 7.75. The maximum atomic E-state index is 10.3. The normalized spacial score (nSPS) is 10.1. The van der Waals surface area contributed by atoms with Crippen molar-refractivity contribution in [2.75, 3.05) is 5.75 Å². The van der Waals surface area contributed by atoms with Crippen molar-refractivity contribution in [3.63, 3.8) is 0 Å². The molecule has 0 aromatic rings. The number of hydrogen-bond acceptors (Lipinski definition) is 3. The highest BCUT2D eigenvalue weighted by Crippen LogP contribution is 1.86. The fraction of sp³-hybridized carbons (Fsp3) is 0.667. The monoisotopic (exact) mass is 151 g/mol. The third kappa shape index (κ3) is 2.85. The molecule has 0 rings (SSSR count). The van der Waals surface area contributed by atoms with Crippen molar-refractivity contribution in [3.8, 4) is 0 Å². The summed E-state index contributed by atoms with van der Waals surface area (Å²) in [6.07, 6.45) is 0. The van der Waals surface area contributed by atoms with Crippen LogP contribution in [-0.2, 0) is 10.0 Å². The van der Waals surface area contributed by atoms with Gasteiger partial charge in [0, 0.05) is 0 Å². The molecule has 0 spiro atoms. The van der Waals surface area contributed by atoms with E-state index < -0.39 is 10.0 Å². The van der Waals surface area contributed by atoms with Gasteiger partial charge in [-0.2, -0.15) is 0 Å². The van der Waals surface area contributed by atoms with Gasteiger partial charge < -0.3 is 0 Å². The molecule has 0 aliphatic rings. The maximum absolute atomic E-state index is 10.3. The standard InChI is InChI=1S/C3H5NO2S2/c1-2-8(5,6)4-3-7/h2H2,1H3. The van der Waals surface area contributed by atoms with Crippen LogP contribution in [0.1, 0.15) is 6.92 Å². The van der Waals surface area contributed by atoms with E-state index in [-0.39, 0.29) is 5.75 Å². The van der Waals surface area contributed by atoms with E-state index >= 15 is 0 Å². The van der Waals surface area contributed by atoms with Crippen molar-refractivity contribution in [1.29, 1.82) is 0 Å². The lowest BCUT2D eigenvalue weighted by atomic mass is 11.0. The van der Waals surface area contributed by atoms with E-state index in [1.54, 1.807) is 5.16 Å². The van der Waals surface area contributed by atoms with Crippen molar-refractivity contribution in [2.24, 2.45) is 4.40 Å². The minimum atomic E-state index is -3.26. The molecule has 0 N–H and O–H groups in total. The molecule has 0 radical (unpaired) electrons. The summed E-state index contributed by atoms with van der Waals surface area (Å²) in [6.45, 7) is 1.49. The first-order chi connectivity index (χ1) is 3.62. The molecular formula is C3H5NO2S2. The van der Waals surface area contributed by atoms with Crippen molar-refractivity contribution in [3.05, 3.63) is 0 Å². The predicted molar refractivity (Wildman–Crippen MR) is 34.5 cm³/mol. The van der Waals surface area contributed by atoms with E-state index in [2.05, 4.69) is 16.6 Å². The van der Waals surface area contributed by atoms with Crippen LogP contribution in [0.25, 0.3) is 0 Å². The molecule has 0 saturated heterocycles. The summed E-state index contributed by atoms with van der Waals surface area (Å²) in [5.74, 6) is -0.0172. The summed E-state index contributed by atoms with van der Waals surface area (Å²) in [4.78, 5) is 0. The minimum Gasteiger partial charge on any atom is -0.204 e. The summed E-state index contributed by atoms with van der Waals surface area (Å²) in [7, 11) is -3.26. The Bertz CT molecular complexity index is 199. The van der Waals surface area contributed by atoms with Crippen LogP contribution < -0.4 is 0 Å². The van der Waals surface area contributed by atoms with Gasteiger partial charge in [0.25, 0.3) is 10.0 Å². The molecule has 46 valence electrons. The Morgan fingerprint density at radius 1 is 1.75 bits per heavy atom. The lowest BCUT2D eigenvalue weighted by Gasteiger charge is -1.82. The molecule has 0 aliphatic carbocycles. The summed E-state index contributed by atoms with van der Waals surface area (Å²) in [5, 5.41) is 1.78.